The van der Waals surface area contributed by atoms with Crippen LogP contribution in [0.1, 0.15) is 39.5 Å². The molecule has 1 unspecified atom stereocenters. The highest BCUT2D eigenvalue weighted by Gasteiger charge is 2.33. The quantitative estimate of drug-likeness (QED) is 0.744. The molecule has 0 aliphatic carbocycles. The first-order valence-electron chi connectivity index (χ1n) is 6.15. The number of likely N-dealkylation sites (tertiary alicyclic amines) is 1. The first-order valence-corrected chi connectivity index (χ1v) is 6.15. The summed E-state index contributed by atoms with van der Waals surface area (Å²) in [6.45, 7) is 5.93. The van der Waals surface area contributed by atoms with E-state index in [1.807, 2.05) is 0 Å². The van der Waals surface area contributed by atoms with Gasteiger partial charge in [0.25, 0.3) is 0 Å². The van der Waals surface area contributed by atoms with Gasteiger partial charge < -0.3 is 10.8 Å². The minimum Gasteiger partial charge on any atom is -0.481 e. The fourth-order valence-electron chi connectivity index (χ4n) is 2.36. The van der Waals surface area contributed by atoms with Crippen molar-refractivity contribution < 1.29 is 9.90 Å². The summed E-state index contributed by atoms with van der Waals surface area (Å²) in [6.07, 6.45) is 4.56. The SMILES string of the molecule is CC(C)(CN1CCCCC1CCN)C(=O)O. The summed E-state index contributed by atoms with van der Waals surface area (Å²) >= 11 is 0. The summed E-state index contributed by atoms with van der Waals surface area (Å²) in [5, 5.41) is 9.14. The van der Waals surface area contributed by atoms with Gasteiger partial charge in [-0.1, -0.05) is 6.42 Å². The maximum atomic E-state index is 11.1. The zero-order chi connectivity index (χ0) is 12.2. The second kappa shape index (κ2) is 5.64. The second-order valence-electron chi connectivity index (χ2n) is 5.39. The molecule has 1 saturated heterocycles. The lowest BCUT2D eigenvalue weighted by Gasteiger charge is -2.39. The number of carboxylic acids is 1. The maximum Gasteiger partial charge on any atom is 0.310 e. The van der Waals surface area contributed by atoms with E-state index >= 15 is 0 Å². The Bertz CT molecular complexity index is 239. The Morgan fingerprint density at radius 1 is 1.50 bits per heavy atom. The molecule has 1 heterocycles. The van der Waals surface area contributed by atoms with Crippen molar-refractivity contribution in [3.63, 3.8) is 0 Å². The molecule has 94 valence electrons. The van der Waals surface area contributed by atoms with Crippen LogP contribution in [-0.2, 0) is 4.79 Å². The Balaban J connectivity index is 2.58. The largest absolute Gasteiger partial charge is 0.481 e. The van der Waals surface area contributed by atoms with Gasteiger partial charge in [0, 0.05) is 12.6 Å². The molecule has 3 N–H and O–H groups in total. The summed E-state index contributed by atoms with van der Waals surface area (Å²) in [6, 6.07) is 0.484. The van der Waals surface area contributed by atoms with Gasteiger partial charge in [0.05, 0.1) is 5.41 Å². The van der Waals surface area contributed by atoms with Gasteiger partial charge in [-0.15, -0.1) is 0 Å². The standard InChI is InChI=1S/C12H24N2O2/c1-12(2,11(15)16)9-14-8-4-3-5-10(14)6-7-13/h10H,3-9,13H2,1-2H3,(H,15,16). The van der Waals surface area contributed by atoms with Gasteiger partial charge in [-0.25, -0.2) is 0 Å². The maximum absolute atomic E-state index is 11.1. The summed E-state index contributed by atoms with van der Waals surface area (Å²) in [5.74, 6) is -0.718. The number of hydrogen-bond acceptors (Lipinski definition) is 3. The fraction of sp³-hybridized carbons (Fsp3) is 0.917. The van der Waals surface area contributed by atoms with E-state index in [9.17, 15) is 4.79 Å². The van der Waals surface area contributed by atoms with Crippen molar-refractivity contribution in [3.8, 4) is 0 Å². The number of piperidine rings is 1. The van der Waals surface area contributed by atoms with Gasteiger partial charge in [0.1, 0.15) is 0 Å². The highest BCUT2D eigenvalue weighted by Crippen LogP contribution is 2.25. The van der Waals surface area contributed by atoms with Gasteiger partial charge in [-0.3, -0.25) is 9.69 Å². The van der Waals surface area contributed by atoms with E-state index in [0.717, 1.165) is 19.4 Å². The van der Waals surface area contributed by atoms with E-state index in [4.69, 9.17) is 10.8 Å². The third kappa shape index (κ3) is 3.46. The van der Waals surface area contributed by atoms with Crippen molar-refractivity contribution in [2.75, 3.05) is 19.6 Å². The molecule has 0 bridgehead atoms. The Morgan fingerprint density at radius 2 is 2.19 bits per heavy atom. The molecule has 0 saturated carbocycles. The van der Waals surface area contributed by atoms with Crippen LogP contribution in [0.25, 0.3) is 0 Å². The molecule has 1 aliphatic heterocycles. The van der Waals surface area contributed by atoms with Crippen molar-refractivity contribution in [3.05, 3.63) is 0 Å². The van der Waals surface area contributed by atoms with Crippen LogP contribution in [0.2, 0.25) is 0 Å². The topological polar surface area (TPSA) is 66.6 Å². The van der Waals surface area contributed by atoms with Crippen LogP contribution in [0.3, 0.4) is 0 Å². The van der Waals surface area contributed by atoms with Crippen molar-refractivity contribution in [1.82, 2.24) is 4.90 Å². The first kappa shape index (κ1) is 13.5. The zero-order valence-corrected chi connectivity index (χ0v) is 10.4. The summed E-state index contributed by atoms with van der Waals surface area (Å²) < 4.78 is 0. The third-order valence-electron chi connectivity index (χ3n) is 3.43. The van der Waals surface area contributed by atoms with Gasteiger partial charge in [-0.05, 0) is 46.2 Å². The predicted octanol–water partition coefficient (Wildman–Crippen LogP) is 1.30. The molecule has 4 nitrogen and oxygen atoms in total. The Hall–Kier alpha value is -0.610. The van der Waals surface area contributed by atoms with Crippen LogP contribution in [0.5, 0.6) is 0 Å². The number of nitrogens with two attached hydrogens (primary N) is 1. The number of nitrogens with zero attached hydrogens (tertiary/aromatic N) is 1. The number of carbonyl (C=O) groups is 1. The van der Waals surface area contributed by atoms with E-state index in [1.54, 1.807) is 13.8 Å². The zero-order valence-electron chi connectivity index (χ0n) is 10.4. The number of rotatable bonds is 5. The van der Waals surface area contributed by atoms with E-state index in [-0.39, 0.29) is 0 Å². The van der Waals surface area contributed by atoms with E-state index in [0.29, 0.717) is 19.1 Å². The molecule has 0 aromatic heterocycles. The minimum atomic E-state index is -0.718. The molecule has 0 aromatic carbocycles. The average Bonchev–Trinajstić information content (AvgIpc) is 2.20. The van der Waals surface area contributed by atoms with E-state index < -0.39 is 11.4 Å². The van der Waals surface area contributed by atoms with Crippen LogP contribution in [-0.4, -0.2) is 41.7 Å². The smallest absolute Gasteiger partial charge is 0.310 e. The molecule has 1 fully saturated rings. The molecule has 16 heavy (non-hydrogen) atoms. The van der Waals surface area contributed by atoms with Crippen molar-refractivity contribution >= 4 is 5.97 Å². The fourth-order valence-corrected chi connectivity index (χ4v) is 2.36. The predicted molar refractivity (Wildman–Crippen MR) is 64.3 cm³/mol. The molecule has 1 aliphatic rings. The van der Waals surface area contributed by atoms with Gasteiger partial charge in [0.2, 0.25) is 0 Å². The lowest BCUT2D eigenvalue weighted by atomic mass is 9.90. The number of carboxylic acid groups (broad SMARTS) is 1. The lowest BCUT2D eigenvalue weighted by Crippen LogP contribution is -2.47. The monoisotopic (exact) mass is 228 g/mol. The highest BCUT2D eigenvalue weighted by atomic mass is 16.4. The second-order valence-corrected chi connectivity index (χ2v) is 5.39. The van der Waals surface area contributed by atoms with Crippen LogP contribution in [0.4, 0.5) is 0 Å². The van der Waals surface area contributed by atoms with Gasteiger partial charge in [-0.2, -0.15) is 0 Å². The Labute approximate surface area is 97.8 Å². The van der Waals surface area contributed by atoms with Crippen LogP contribution in [0.15, 0.2) is 0 Å². The van der Waals surface area contributed by atoms with Crippen LogP contribution >= 0.6 is 0 Å². The van der Waals surface area contributed by atoms with Gasteiger partial charge in [0.15, 0.2) is 0 Å². The van der Waals surface area contributed by atoms with Gasteiger partial charge >= 0.3 is 5.97 Å². The average molecular weight is 228 g/mol. The van der Waals surface area contributed by atoms with Crippen LogP contribution in [0, 0.1) is 5.41 Å². The first-order chi connectivity index (χ1) is 7.47. The molecule has 4 heteroatoms. The summed E-state index contributed by atoms with van der Waals surface area (Å²) in [7, 11) is 0. The summed E-state index contributed by atoms with van der Waals surface area (Å²) in [4.78, 5) is 13.4. The Kier molecular flexibility index (Phi) is 4.74. The minimum absolute atomic E-state index is 0.484. The molecule has 1 atom stereocenters. The van der Waals surface area contributed by atoms with Crippen molar-refractivity contribution in [2.45, 2.75) is 45.6 Å². The highest BCUT2D eigenvalue weighted by molar-refractivity contribution is 5.73. The lowest BCUT2D eigenvalue weighted by molar-refractivity contribution is -0.148. The molecule has 0 aromatic rings. The van der Waals surface area contributed by atoms with Crippen LogP contribution < -0.4 is 5.73 Å². The molecular weight excluding hydrogens is 204 g/mol. The van der Waals surface area contributed by atoms with E-state index in [2.05, 4.69) is 4.90 Å². The molecule has 0 radical (unpaired) electrons. The normalized spacial score (nSPS) is 23.3. The molecular formula is C12H24N2O2. The summed E-state index contributed by atoms with van der Waals surface area (Å²) in [5.41, 5.74) is 4.94. The molecule has 0 amide bonds. The van der Waals surface area contributed by atoms with Crippen molar-refractivity contribution in [1.29, 1.82) is 0 Å². The third-order valence-corrected chi connectivity index (χ3v) is 3.43. The van der Waals surface area contributed by atoms with Crippen molar-refractivity contribution in [2.24, 2.45) is 11.1 Å². The Morgan fingerprint density at radius 3 is 2.75 bits per heavy atom. The number of hydrogen-bond donors (Lipinski definition) is 2. The molecule has 0 spiro atoms. The van der Waals surface area contributed by atoms with E-state index in [1.165, 1.54) is 12.8 Å². The molecule has 1 rings (SSSR count). The number of aliphatic carboxylic acids is 1.